The van der Waals surface area contributed by atoms with Crippen molar-refractivity contribution in [1.82, 2.24) is 20.4 Å². The summed E-state index contributed by atoms with van der Waals surface area (Å²) in [5, 5.41) is 3.92. The first kappa shape index (κ1) is 18.8. The average Bonchev–Trinajstić information content (AvgIpc) is 2.60. The van der Waals surface area contributed by atoms with Crippen LogP contribution in [0.4, 0.5) is 11.6 Å². The Morgan fingerprint density at radius 2 is 2.00 bits per heavy atom. The fraction of sp³-hybridized carbons (Fsp3) is 0.235. The summed E-state index contributed by atoms with van der Waals surface area (Å²) < 4.78 is 1.82. The molecule has 0 fully saturated rings. The van der Waals surface area contributed by atoms with Gasteiger partial charge in [-0.3, -0.25) is 4.57 Å². The van der Waals surface area contributed by atoms with E-state index in [-0.39, 0.29) is 0 Å². The summed E-state index contributed by atoms with van der Waals surface area (Å²) in [6, 6.07) is 10.1. The molecular weight excluding hydrogens is 334 g/mol. The van der Waals surface area contributed by atoms with Gasteiger partial charge in [0.1, 0.15) is 16.3 Å². The zero-order chi connectivity index (χ0) is 18.2. The van der Waals surface area contributed by atoms with Gasteiger partial charge in [0.2, 0.25) is 5.95 Å². The molecule has 1 aromatic heterocycles. The summed E-state index contributed by atoms with van der Waals surface area (Å²) >= 11 is 1.56. The van der Waals surface area contributed by atoms with Crippen molar-refractivity contribution < 1.29 is 0 Å². The number of hydrazine groups is 1. The molecule has 0 saturated carbocycles. The molecule has 0 spiro atoms. The molecule has 3 N–H and O–H groups in total. The third kappa shape index (κ3) is 5.20. The van der Waals surface area contributed by atoms with Crippen LogP contribution >= 0.6 is 11.8 Å². The molecule has 0 aliphatic carbocycles. The smallest absolute Gasteiger partial charge is 0.233 e. The fourth-order valence-corrected chi connectivity index (χ4v) is 2.86. The summed E-state index contributed by atoms with van der Waals surface area (Å²) in [4.78, 5) is 14.5. The predicted octanol–water partition coefficient (Wildman–Crippen LogP) is 2.43. The normalized spacial score (nSPS) is 12.2. The molecule has 0 unspecified atom stereocenters. The van der Waals surface area contributed by atoms with E-state index in [1.165, 1.54) is 6.20 Å². The van der Waals surface area contributed by atoms with Gasteiger partial charge in [0.15, 0.2) is 0 Å². The number of anilines is 1. The molecule has 0 radical (unpaired) electrons. The van der Waals surface area contributed by atoms with Crippen molar-refractivity contribution >= 4 is 29.2 Å². The molecule has 8 heteroatoms. The van der Waals surface area contributed by atoms with Crippen LogP contribution in [-0.2, 0) is 7.05 Å². The maximum atomic E-state index is 4.64. The van der Waals surface area contributed by atoms with Crippen LogP contribution in [0.1, 0.15) is 6.92 Å². The lowest BCUT2D eigenvalue weighted by atomic mass is 10.3. The minimum Gasteiger partial charge on any atom is -0.388 e. The summed E-state index contributed by atoms with van der Waals surface area (Å²) in [7, 11) is 5.55. The van der Waals surface area contributed by atoms with Crippen molar-refractivity contribution in [2.24, 2.45) is 17.0 Å². The van der Waals surface area contributed by atoms with E-state index in [0.29, 0.717) is 11.8 Å². The van der Waals surface area contributed by atoms with Crippen LogP contribution in [0, 0.1) is 0 Å². The molecule has 1 heterocycles. The average molecular weight is 357 g/mol. The maximum Gasteiger partial charge on any atom is 0.233 e. The van der Waals surface area contributed by atoms with Gasteiger partial charge in [-0.2, -0.15) is 4.99 Å². The Labute approximate surface area is 152 Å². The highest BCUT2D eigenvalue weighted by Gasteiger charge is 2.06. The van der Waals surface area contributed by atoms with Crippen molar-refractivity contribution in [1.29, 1.82) is 0 Å². The number of benzene rings is 1. The third-order valence-corrected chi connectivity index (χ3v) is 4.20. The highest BCUT2D eigenvalue weighted by atomic mass is 32.2. The highest BCUT2D eigenvalue weighted by molar-refractivity contribution is 7.99. The van der Waals surface area contributed by atoms with Gasteiger partial charge in [0, 0.05) is 44.0 Å². The number of amidine groups is 1. The molecule has 7 nitrogen and oxygen atoms in total. The van der Waals surface area contributed by atoms with Gasteiger partial charge < -0.3 is 10.7 Å². The van der Waals surface area contributed by atoms with Gasteiger partial charge in [-0.05, 0) is 31.2 Å². The van der Waals surface area contributed by atoms with Crippen LogP contribution < -0.4 is 21.7 Å². The number of nitrogens with one attached hydrogen (secondary N) is 3. The number of nitrogens with zero attached hydrogens (tertiary/aromatic N) is 4. The Kier molecular flexibility index (Phi) is 6.79. The zero-order valence-electron chi connectivity index (χ0n) is 14.9. The van der Waals surface area contributed by atoms with E-state index in [1.54, 1.807) is 18.8 Å². The second kappa shape index (κ2) is 9.05. The van der Waals surface area contributed by atoms with Gasteiger partial charge in [-0.25, -0.2) is 15.4 Å². The van der Waals surface area contributed by atoms with Gasteiger partial charge >= 0.3 is 0 Å². The topological polar surface area (TPSA) is 78.6 Å². The number of hydrogen-bond donors (Lipinski definition) is 3. The molecule has 0 aliphatic heterocycles. The van der Waals surface area contributed by atoms with Crippen LogP contribution in [-0.4, -0.2) is 29.5 Å². The molecule has 1 aromatic carbocycles. The molecule has 0 bridgehead atoms. The molecule has 132 valence electrons. The second-order valence-electron chi connectivity index (χ2n) is 5.07. The van der Waals surface area contributed by atoms with Crippen LogP contribution in [0.2, 0.25) is 0 Å². The molecule has 2 rings (SSSR count). The maximum absolute atomic E-state index is 4.64. The minimum atomic E-state index is 0.553. The molecule has 2 aromatic rings. The van der Waals surface area contributed by atoms with Crippen LogP contribution in [0.15, 0.2) is 63.0 Å². The quantitative estimate of drug-likeness (QED) is 0.320. The van der Waals surface area contributed by atoms with Gasteiger partial charge in [-0.15, -0.1) is 0 Å². The van der Waals surface area contributed by atoms with E-state index in [0.717, 1.165) is 21.1 Å². The lowest BCUT2D eigenvalue weighted by molar-refractivity contribution is 0.750. The summed E-state index contributed by atoms with van der Waals surface area (Å²) in [6.07, 6.45) is 1.51. The lowest BCUT2D eigenvalue weighted by Gasteiger charge is -2.09. The van der Waals surface area contributed by atoms with E-state index in [2.05, 4.69) is 37.7 Å². The van der Waals surface area contributed by atoms with Crippen molar-refractivity contribution in [2.45, 2.75) is 16.8 Å². The Morgan fingerprint density at radius 1 is 1.28 bits per heavy atom. The first-order chi connectivity index (χ1) is 12.1. The van der Waals surface area contributed by atoms with Crippen LogP contribution in [0.25, 0.3) is 0 Å². The van der Waals surface area contributed by atoms with Crippen LogP contribution in [0.5, 0.6) is 0 Å². The summed E-state index contributed by atoms with van der Waals surface area (Å²) in [5.41, 5.74) is 7.58. The molecule has 25 heavy (non-hydrogen) atoms. The highest BCUT2D eigenvalue weighted by Crippen LogP contribution is 2.27. The van der Waals surface area contributed by atoms with Crippen molar-refractivity contribution in [3.05, 3.63) is 48.6 Å². The Bertz CT molecular complexity index is 822. The number of aliphatic imine (C=N–C) groups is 1. The lowest BCUT2D eigenvalue weighted by Crippen LogP contribution is -2.32. The number of rotatable bonds is 6. The summed E-state index contributed by atoms with van der Waals surface area (Å²) in [6.45, 7) is 5.54. The molecule has 0 aliphatic rings. The molecule has 0 amide bonds. The molecular formula is C17H23N7S. The summed E-state index contributed by atoms with van der Waals surface area (Å²) in [5.74, 6) is 1.26. The Hall–Kier alpha value is -2.58. The first-order valence-electron chi connectivity index (χ1n) is 7.74. The number of aromatic nitrogens is 2. The van der Waals surface area contributed by atoms with Gasteiger partial charge in [0.05, 0.1) is 0 Å². The Balaban J connectivity index is 2.43. The zero-order valence-corrected chi connectivity index (χ0v) is 15.7. The fourth-order valence-electron chi connectivity index (χ4n) is 2.05. The first-order valence-corrected chi connectivity index (χ1v) is 8.55. The van der Waals surface area contributed by atoms with Crippen molar-refractivity contribution in [3.8, 4) is 0 Å². The van der Waals surface area contributed by atoms with Gasteiger partial charge in [-0.1, -0.05) is 18.3 Å². The standard InChI is InChI=1S/C17H23N7S/c1-6-20-15-11-16(25-14-9-7-13(18-3)8-10-14)22-17(24(15)5)21-12(2)23-19-4/h6-11,18-19H,1H2,2-5H3,(H,21,22,23). The molecule has 0 atom stereocenters. The van der Waals surface area contributed by atoms with Gasteiger partial charge in [0.25, 0.3) is 0 Å². The minimum absolute atomic E-state index is 0.553. The second-order valence-corrected chi connectivity index (χ2v) is 6.17. The van der Waals surface area contributed by atoms with E-state index < -0.39 is 0 Å². The molecule has 0 saturated heterocycles. The van der Waals surface area contributed by atoms with E-state index in [4.69, 9.17) is 0 Å². The Morgan fingerprint density at radius 3 is 2.60 bits per heavy atom. The largest absolute Gasteiger partial charge is 0.388 e. The van der Waals surface area contributed by atoms with E-state index >= 15 is 0 Å². The third-order valence-electron chi connectivity index (χ3n) is 3.27. The van der Waals surface area contributed by atoms with E-state index in [1.807, 2.05) is 55.9 Å². The number of hydrogen-bond acceptors (Lipinski definition) is 6. The van der Waals surface area contributed by atoms with Crippen molar-refractivity contribution in [3.63, 3.8) is 0 Å². The van der Waals surface area contributed by atoms with Crippen molar-refractivity contribution in [2.75, 3.05) is 19.4 Å². The monoisotopic (exact) mass is 357 g/mol. The van der Waals surface area contributed by atoms with E-state index in [9.17, 15) is 0 Å². The van der Waals surface area contributed by atoms with Crippen LogP contribution in [0.3, 0.4) is 0 Å². The predicted molar refractivity (Wildman–Crippen MR) is 104 cm³/mol. The SMILES string of the molecule is C=CN=c1cc(Sc2ccc(NC)cc2)nc(/N=C(\C)NNC)n1C.